The van der Waals surface area contributed by atoms with E-state index < -0.39 is 0 Å². The lowest BCUT2D eigenvalue weighted by Gasteiger charge is -2.31. The predicted molar refractivity (Wildman–Crippen MR) is 127 cm³/mol. The molecule has 174 valence electrons. The summed E-state index contributed by atoms with van der Waals surface area (Å²) in [5, 5.41) is 14.3. The summed E-state index contributed by atoms with van der Waals surface area (Å²) < 4.78 is 5.07. The quantitative estimate of drug-likeness (QED) is 0.527. The fraction of sp³-hybridized carbons (Fsp3) is 0.417. The Morgan fingerprint density at radius 1 is 1.21 bits per heavy atom. The molecule has 9 heteroatoms. The third kappa shape index (κ3) is 5.08. The molecule has 2 aromatic heterocycles. The zero-order chi connectivity index (χ0) is 23.4. The van der Waals surface area contributed by atoms with Crippen molar-refractivity contribution in [1.29, 1.82) is 0 Å². The van der Waals surface area contributed by atoms with Crippen LogP contribution in [0, 0.1) is 0 Å². The summed E-state index contributed by atoms with van der Waals surface area (Å²) in [6.07, 6.45) is 6.31. The van der Waals surface area contributed by atoms with Crippen LogP contribution in [0.5, 0.6) is 0 Å². The zero-order valence-corrected chi connectivity index (χ0v) is 19.2. The maximum absolute atomic E-state index is 13.3. The van der Waals surface area contributed by atoms with Crippen molar-refractivity contribution >= 4 is 28.6 Å². The molecule has 33 heavy (non-hydrogen) atoms. The monoisotopic (exact) mass is 450 g/mol. The van der Waals surface area contributed by atoms with Crippen molar-refractivity contribution in [3.05, 3.63) is 42.4 Å². The topological polar surface area (TPSA) is 112 Å². The second-order valence-corrected chi connectivity index (χ2v) is 8.50. The van der Waals surface area contributed by atoms with Gasteiger partial charge >= 0.3 is 6.09 Å². The number of carbonyl (C=O) groups is 2. The van der Waals surface area contributed by atoms with E-state index in [0.29, 0.717) is 38.1 Å². The maximum atomic E-state index is 13.3. The number of aromatic amines is 1. The van der Waals surface area contributed by atoms with Gasteiger partial charge in [-0.15, -0.1) is 0 Å². The third-order valence-electron chi connectivity index (χ3n) is 5.73. The van der Waals surface area contributed by atoms with Gasteiger partial charge in [-0.2, -0.15) is 5.10 Å². The summed E-state index contributed by atoms with van der Waals surface area (Å²) in [6.45, 7) is 7.36. The number of likely N-dealkylation sites (tertiary alicyclic amines) is 1. The van der Waals surface area contributed by atoms with Crippen LogP contribution in [0.1, 0.15) is 44.0 Å². The molecule has 1 aliphatic rings. The van der Waals surface area contributed by atoms with Gasteiger partial charge in [0.25, 0.3) is 5.91 Å². The normalized spacial score (nSPS) is 14.5. The van der Waals surface area contributed by atoms with Gasteiger partial charge in [-0.1, -0.05) is 6.07 Å². The Hall–Kier alpha value is -3.62. The standard InChI is InChI=1S/C24H30N6O3/c1-4-33-24(32)30-9-7-18(8-10-30)29-23(31)20-14-25-21-6-5-16(17-12-26-27-13-17)11-19(21)22(20)28-15(2)3/h5-6,11-15,18H,4,7-10H2,1-3H3,(H,25,28)(H,26,27)(H,29,31). The molecule has 9 nitrogen and oxygen atoms in total. The molecule has 0 atom stereocenters. The Labute approximate surface area is 192 Å². The fourth-order valence-electron chi connectivity index (χ4n) is 4.08. The molecule has 1 saturated heterocycles. The van der Waals surface area contributed by atoms with Crippen molar-refractivity contribution < 1.29 is 14.3 Å². The number of amides is 2. The molecule has 3 aromatic rings. The first-order valence-corrected chi connectivity index (χ1v) is 11.4. The van der Waals surface area contributed by atoms with Gasteiger partial charge in [0.15, 0.2) is 0 Å². The molecule has 0 spiro atoms. The van der Waals surface area contributed by atoms with Crippen LogP contribution in [-0.4, -0.2) is 63.9 Å². The first-order chi connectivity index (χ1) is 16.0. The number of H-pyrrole nitrogens is 1. The Morgan fingerprint density at radius 2 is 2.00 bits per heavy atom. The molecule has 1 fully saturated rings. The van der Waals surface area contributed by atoms with Crippen molar-refractivity contribution in [2.75, 3.05) is 25.0 Å². The predicted octanol–water partition coefficient (Wildman–Crippen LogP) is 3.80. The average molecular weight is 451 g/mol. The van der Waals surface area contributed by atoms with E-state index in [1.807, 2.05) is 38.2 Å². The van der Waals surface area contributed by atoms with Crippen LogP contribution < -0.4 is 10.6 Å². The van der Waals surface area contributed by atoms with E-state index in [1.165, 1.54) is 0 Å². The molecule has 0 bridgehead atoms. The minimum absolute atomic E-state index is 0.0111. The van der Waals surface area contributed by atoms with Crippen molar-refractivity contribution in [2.45, 2.75) is 45.7 Å². The number of fused-ring (bicyclic) bond motifs is 1. The van der Waals surface area contributed by atoms with Gasteiger partial charge in [0.2, 0.25) is 0 Å². The lowest BCUT2D eigenvalue weighted by Crippen LogP contribution is -2.46. The highest BCUT2D eigenvalue weighted by atomic mass is 16.6. The Morgan fingerprint density at radius 3 is 2.67 bits per heavy atom. The molecular formula is C24H30N6O3. The van der Waals surface area contributed by atoms with E-state index in [4.69, 9.17) is 4.74 Å². The van der Waals surface area contributed by atoms with Gasteiger partial charge in [-0.05, 0) is 51.3 Å². The van der Waals surface area contributed by atoms with Crippen LogP contribution in [0.3, 0.4) is 0 Å². The fourth-order valence-corrected chi connectivity index (χ4v) is 4.08. The highest BCUT2D eigenvalue weighted by Crippen LogP contribution is 2.31. The molecule has 2 amide bonds. The molecule has 0 radical (unpaired) electrons. The highest BCUT2D eigenvalue weighted by Gasteiger charge is 2.26. The molecular weight excluding hydrogens is 420 g/mol. The van der Waals surface area contributed by atoms with Crippen molar-refractivity contribution in [1.82, 2.24) is 25.4 Å². The van der Waals surface area contributed by atoms with Crippen LogP contribution in [0.4, 0.5) is 10.5 Å². The molecule has 0 saturated carbocycles. The molecule has 0 unspecified atom stereocenters. The molecule has 3 heterocycles. The van der Waals surface area contributed by atoms with Crippen LogP contribution in [0.15, 0.2) is 36.8 Å². The van der Waals surface area contributed by atoms with E-state index >= 15 is 0 Å². The number of anilines is 1. The van der Waals surface area contributed by atoms with Crippen LogP contribution in [0.2, 0.25) is 0 Å². The number of hydrogen-bond acceptors (Lipinski definition) is 6. The molecule has 1 aliphatic heterocycles. The number of ether oxygens (including phenoxy) is 1. The summed E-state index contributed by atoms with van der Waals surface area (Å²) in [6, 6.07) is 6.11. The molecule has 3 N–H and O–H groups in total. The smallest absolute Gasteiger partial charge is 0.409 e. The Balaban J connectivity index is 1.57. The van der Waals surface area contributed by atoms with Gasteiger partial charge < -0.3 is 20.3 Å². The Kier molecular flexibility index (Phi) is 6.76. The zero-order valence-electron chi connectivity index (χ0n) is 19.2. The van der Waals surface area contributed by atoms with E-state index in [-0.39, 0.29) is 24.1 Å². The highest BCUT2D eigenvalue weighted by molar-refractivity contribution is 6.08. The number of nitrogens with zero attached hydrogens (tertiary/aromatic N) is 3. The number of nitrogens with one attached hydrogen (secondary N) is 3. The number of benzene rings is 1. The summed E-state index contributed by atoms with van der Waals surface area (Å²) in [7, 11) is 0. The van der Waals surface area contributed by atoms with Gasteiger partial charge in [-0.25, -0.2) is 4.79 Å². The van der Waals surface area contributed by atoms with Crippen molar-refractivity contribution in [3.8, 4) is 11.1 Å². The second kappa shape index (κ2) is 9.89. The largest absolute Gasteiger partial charge is 0.450 e. The SMILES string of the molecule is CCOC(=O)N1CCC(NC(=O)c2cnc3ccc(-c4cn[nH]c4)cc3c2NC(C)C)CC1. The summed E-state index contributed by atoms with van der Waals surface area (Å²) in [5.41, 5.74) is 4.05. The van der Waals surface area contributed by atoms with Crippen LogP contribution in [0.25, 0.3) is 22.0 Å². The summed E-state index contributed by atoms with van der Waals surface area (Å²) >= 11 is 0. The van der Waals surface area contributed by atoms with Crippen LogP contribution in [-0.2, 0) is 4.74 Å². The molecule has 4 rings (SSSR count). The Bertz CT molecular complexity index is 1120. The van der Waals surface area contributed by atoms with E-state index in [0.717, 1.165) is 27.7 Å². The lowest BCUT2D eigenvalue weighted by atomic mass is 10.0. The van der Waals surface area contributed by atoms with E-state index in [2.05, 4.69) is 25.8 Å². The number of carbonyl (C=O) groups excluding carboxylic acids is 2. The maximum Gasteiger partial charge on any atom is 0.409 e. The van der Waals surface area contributed by atoms with Crippen molar-refractivity contribution in [2.24, 2.45) is 0 Å². The minimum Gasteiger partial charge on any atom is -0.450 e. The number of hydrogen-bond donors (Lipinski definition) is 3. The van der Waals surface area contributed by atoms with Gasteiger partial charge in [0.1, 0.15) is 0 Å². The summed E-state index contributed by atoms with van der Waals surface area (Å²) in [4.78, 5) is 31.4. The second-order valence-electron chi connectivity index (χ2n) is 8.50. The first kappa shape index (κ1) is 22.6. The van der Waals surface area contributed by atoms with Crippen LogP contribution >= 0.6 is 0 Å². The number of piperidine rings is 1. The van der Waals surface area contributed by atoms with Gasteiger partial charge in [0, 0.05) is 48.5 Å². The van der Waals surface area contributed by atoms with E-state index in [1.54, 1.807) is 24.2 Å². The number of pyridine rings is 1. The first-order valence-electron chi connectivity index (χ1n) is 11.4. The summed E-state index contributed by atoms with van der Waals surface area (Å²) in [5.74, 6) is -0.171. The minimum atomic E-state index is -0.294. The molecule has 1 aromatic carbocycles. The molecule has 0 aliphatic carbocycles. The van der Waals surface area contributed by atoms with E-state index in [9.17, 15) is 9.59 Å². The van der Waals surface area contributed by atoms with Crippen molar-refractivity contribution in [3.63, 3.8) is 0 Å². The number of rotatable bonds is 6. The number of aromatic nitrogens is 3. The third-order valence-corrected chi connectivity index (χ3v) is 5.73. The van der Waals surface area contributed by atoms with Gasteiger partial charge in [0.05, 0.1) is 29.6 Å². The average Bonchev–Trinajstić information content (AvgIpc) is 3.34. The lowest BCUT2D eigenvalue weighted by molar-refractivity contribution is 0.0860. The van der Waals surface area contributed by atoms with Gasteiger partial charge in [-0.3, -0.25) is 14.9 Å².